The molecule has 32 heavy (non-hydrogen) atoms. The molecule has 5 rings (SSSR count). The fourth-order valence-corrected chi connectivity index (χ4v) is 4.18. The molecule has 0 unspecified atom stereocenters. The van der Waals surface area contributed by atoms with E-state index >= 15 is 0 Å². The molecule has 4 aromatic rings. The zero-order valence-electron chi connectivity index (χ0n) is 17.4. The SMILES string of the molecule is Cc1ccc2c(c1)[C@H](c1ccccc1)N(C(=O)c1cc3ccccc3oc1=O)CC(=O)N2. The predicted octanol–water partition coefficient (Wildman–Crippen LogP) is 4.29. The molecular weight excluding hydrogens is 404 g/mol. The Hall–Kier alpha value is -4.19. The Morgan fingerprint density at radius 3 is 2.53 bits per heavy atom. The fraction of sp³-hybridized carbons (Fsp3) is 0.115. The number of rotatable bonds is 2. The van der Waals surface area contributed by atoms with Gasteiger partial charge in [0, 0.05) is 16.6 Å². The maximum absolute atomic E-state index is 13.7. The third-order valence-electron chi connectivity index (χ3n) is 5.65. The summed E-state index contributed by atoms with van der Waals surface area (Å²) in [4.78, 5) is 40.6. The van der Waals surface area contributed by atoms with Gasteiger partial charge in [0.05, 0.1) is 6.04 Å². The minimum Gasteiger partial charge on any atom is -0.422 e. The van der Waals surface area contributed by atoms with Crippen molar-refractivity contribution in [3.63, 3.8) is 0 Å². The average molecular weight is 424 g/mol. The van der Waals surface area contributed by atoms with Gasteiger partial charge < -0.3 is 14.6 Å². The van der Waals surface area contributed by atoms with Crippen molar-refractivity contribution < 1.29 is 14.0 Å². The molecule has 1 aromatic heterocycles. The summed E-state index contributed by atoms with van der Waals surface area (Å²) in [6.45, 7) is 1.76. The number of nitrogens with zero attached hydrogens (tertiary/aromatic N) is 1. The second-order valence-electron chi connectivity index (χ2n) is 7.87. The highest BCUT2D eigenvalue weighted by molar-refractivity contribution is 6.02. The minimum atomic E-state index is -0.727. The Kier molecular flexibility index (Phi) is 4.82. The van der Waals surface area contributed by atoms with Crippen molar-refractivity contribution in [1.29, 1.82) is 0 Å². The van der Waals surface area contributed by atoms with Crippen LogP contribution in [-0.4, -0.2) is 23.3 Å². The molecule has 0 radical (unpaired) electrons. The Labute approximate surface area is 184 Å². The van der Waals surface area contributed by atoms with E-state index in [1.165, 1.54) is 11.0 Å². The van der Waals surface area contributed by atoms with Crippen molar-refractivity contribution in [1.82, 2.24) is 4.90 Å². The lowest BCUT2D eigenvalue weighted by atomic mass is 9.94. The largest absolute Gasteiger partial charge is 0.422 e. The highest BCUT2D eigenvalue weighted by Gasteiger charge is 2.35. The third kappa shape index (κ3) is 3.46. The van der Waals surface area contributed by atoms with Gasteiger partial charge in [0.25, 0.3) is 5.91 Å². The molecule has 1 atom stereocenters. The molecule has 3 aromatic carbocycles. The first kappa shape index (κ1) is 19.8. The first-order valence-corrected chi connectivity index (χ1v) is 10.3. The van der Waals surface area contributed by atoms with Crippen LogP contribution in [0.4, 0.5) is 5.69 Å². The molecule has 6 nitrogen and oxygen atoms in total. The number of para-hydroxylation sites is 1. The summed E-state index contributed by atoms with van der Waals surface area (Å²) in [5.74, 6) is -0.880. The number of nitrogens with one attached hydrogen (secondary N) is 1. The molecule has 0 fully saturated rings. The van der Waals surface area contributed by atoms with Crippen LogP contribution >= 0.6 is 0 Å². The van der Waals surface area contributed by atoms with Crippen molar-refractivity contribution in [3.05, 3.63) is 112 Å². The van der Waals surface area contributed by atoms with Crippen LogP contribution in [0, 0.1) is 6.92 Å². The molecule has 1 aliphatic heterocycles. The number of hydrogen-bond donors (Lipinski definition) is 1. The smallest absolute Gasteiger partial charge is 0.349 e. The zero-order valence-corrected chi connectivity index (χ0v) is 17.4. The average Bonchev–Trinajstić information content (AvgIpc) is 2.94. The van der Waals surface area contributed by atoms with E-state index in [9.17, 15) is 14.4 Å². The summed E-state index contributed by atoms with van der Waals surface area (Å²) in [6.07, 6.45) is 0. The topological polar surface area (TPSA) is 79.6 Å². The van der Waals surface area contributed by atoms with Gasteiger partial charge in [-0.3, -0.25) is 9.59 Å². The molecule has 1 aliphatic rings. The van der Waals surface area contributed by atoms with Gasteiger partial charge in [0.15, 0.2) is 0 Å². The molecule has 0 saturated heterocycles. The number of anilines is 1. The molecule has 2 heterocycles. The van der Waals surface area contributed by atoms with Gasteiger partial charge in [0.2, 0.25) is 5.91 Å². The lowest BCUT2D eigenvalue weighted by Crippen LogP contribution is -2.40. The van der Waals surface area contributed by atoms with Gasteiger partial charge in [-0.25, -0.2) is 4.79 Å². The van der Waals surface area contributed by atoms with Gasteiger partial charge in [-0.15, -0.1) is 0 Å². The van der Waals surface area contributed by atoms with E-state index in [1.54, 1.807) is 18.2 Å². The molecule has 0 bridgehead atoms. The Bertz CT molecular complexity index is 1410. The van der Waals surface area contributed by atoms with Crippen LogP contribution < -0.4 is 10.9 Å². The Morgan fingerprint density at radius 1 is 0.969 bits per heavy atom. The van der Waals surface area contributed by atoms with Crippen molar-refractivity contribution >= 4 is 28.5 Å². The minimum absolute atomic E-state index is 0.103. The van der Waals surface area contributed by atoms with E-state index in [-0.39, 0.29) is 18.0 Å². The molecule has 0 saturated carbocycles. The van der Waals surface area contributed by atoms with Crippen LogP contribution in [0.3, 0.4) is 0 Å². The van der Waals surface area contributed by atoms with Crippen molar-refractivity contribution in [2.45, 2.75) is 13.0 Å². The Morgan fingerprint density at radius 2 is 1.72 bits per heavy atom. The number of hydrogen-bond acceptors (Lipinski definition) is 4. The fourth-order valence-electron chi connectivity index (χ4n) is 4.18. The molecule has 0 spiro atoms. The Balaban J connectivity index is 1.70. The van der Waals surface area contributed by atoms with Gasteiger partial charge in [0.1, 0.15) is 17.7 Å². The maximum Gasteiger partial charge on any atom is 0.349 e. The van der Waals surface area contributed by atoms with Gasteiger partial charge >= 0.3 is 5.63 Å². The van der Waals surface area contributed by atoms with Crippen LogP contribution in [0.2, 0.25) is 0 Å². The van der Waals surface area contributed by atoms with Crippen molar-refractivity contribution in [2.24, 2.45) is 0 Å². The van der Waals surface area contributed by atoms with E-state index in [0.717, 1.165) is 16.7 Å². The highest BCUT2D eigenvalue weighted by atomic mass is 16.4. The van der Waals surface area contributed by atoms with E-state index in [0.29, 0.717) is 16.7 Å². The third-order valence-corrected chi connectivity index (χ3v) is 5.65. The standard InChI is InChI=1S/C26H20N2O4/c1-16-11-12-21-19(13-16)24(17-7-3-2-4-8-17)28(15-23(29)27-21)25(30)20-14-18-9-5-6-10-22(18)32-26(20)31/h2-14,24H,15H2,1H3,(H,27,29)/t24-/m0/s1. The van der Waals surface area contributed by atoms with Gasteiger partial charge in [-0.05, 0) is 30.7 Å². The van der Waals surface area contributed by atoms with E-state index < -0.39 is 17.6 Å². The molecule has 6 heteroatoms. The first-order chi connectivity index (χ1) is 15.5. The predicted molar refractivity (Wildman–Crippen MR) is 122 cm³/mol. The number of benzene rings is 3. The molecular formula is C26H20N2O4. The number of fused-ring (bicyclic) bond motifs is 2. The van der Waals surface area contributed by atoms with Crippen LogP contribution in [0.15, 0.2) is 88.1 Å². The van der Waals surface area contributed by atoms with Crippen molar-refractivity contribution in [3.8, 4) is 0 Å². The summed E-state index contributed by atoms with van der Waals surface area (Å²) in [5.41, 5.74) is 2.86. The van der Waals surface area contributed by atoms with Gasteiger partial charge in [-0.2, -0.15) is 0 Å². The summed E-state index contributed by atoms with van der Waals surface area (Å²) in [6, 6.07) is 23.2. The van der Waals surface area contributed by atoms with Crippen LogP contribution in [-0.2, 0) is 4.79 Å². The lowest BCUT2D eigenvalue weighted by Gasteiger charge is -2.30. The molecule has 2 amide bonds. The highest BCUT2D eigenvalue weighted by Crippen LogP contribution is 2.37. The van der Waals surface area contributed by atoms with Crippen molar-refractivity contribution in [2.75, 3.05) is 11.9 Å². The van der Waals surface area contributed by atoms with E-state index in [2.05, 4.69) is 5.32 Å². The number of aryl methyl sites for hydroxylation is 1. The summed E-state index contributed by atoms with van der Waals surface area (Å²) >= 11 is 0. The van der Waals surface area contributed by atoms with E-state index in [1.807, 2.05) is 61.5 Å². The second-order valence-corrected chi connectivity index (χ2v) is 7.87. The number of carbonyl (C=O) groups is 2. The zero-order chi connectivity index (χ0) is 22.2. The molecule has 1 N–H and O–H groups in total. The van der Waals surface area contributed by atoms with Crippen LogP contribution in [0.25, 0.3) is 11.0 Å². The first-order valence-electron chi connectivity index (χ1n) is 10.3. The quantitative estimate of drug-likeness (QED) is 0.487. The van der Waals surface area contributed by atoms with Gasteiger partial charge in [-0.1, -0.05) is 66.2 Å². The van der Waals surface area contributed by atoms with Crippen LogP contribution in [0.5, 0.6) is 0 Å². The normalized spacial score (nSPS) is 15.7. The summed E-state index contributed by atoms with van der Waals surface area (Å²) in [5, 5.41) is 3.54. The summed E-state index contributed by atoms with van der Waals surface area (Å²) < 4.78 is 5.39. The second kappa shape index (κ2) is 7.81. The lowest BCUT2D eigenvalue weighted by molar-refractivity contribution is -0.117. The number of carbonyl (C=O) groups excluding carboxylic acids is 2. The number of amides is 2. The van der Waals surface area contributed by atoms with Crippen LogP contribution in [0.1, 0.15) is 33.1 Å². The summed E-state index contributed by atoms with van der Waals surface area (Å²) in [7, 11) is 0. The van der Waals surface area contributed by atoms with E-state index in [4.69, 9.17) is 4.42 Å². The monoisotopic (exact) mass is 424 g/mol. The maximum atomic E-state index is 13.7. The molecule has 158 valence electrons. The molecule has 0 aliphatic carbocycles.